The van der Waals surface area contributed by atoms with Crippen molar-refractivity contribution >= 4 is 22.5 Å². The summed E-state index contributed by atoms with van der Waals surface area (Å²) in [6.45, 7) is 2.01. The molecule has 0 bridgehead atoms. The molecule has 1 amide bonds. The van der Waals surface area contributed by atoms with Crippen LogP contribution in [0.5, 0.6) is 5.75 Å². The van der Waals surface area contributed by atoms with Gasteiger partial charge in [0.05, 0.1) is 29.6 Å². The first-order chi connectivity index (χ1) is 13.7. The van der Waals surface area contributed by atoms with E-state index < -0.39 is 0 Å². The molecule has 0 aliphatic heterocycles. The molecule has 0 aliphatic rings. The number of benzene rings is 3. The summed E-state index contributed by atoms with van der Waals surface area (Å²) >= 11 is 0. The Labute approximate surface area is 163 Å². The summed E-state index contributed by atoms with van der Waals surface area (Å²) in [5.74, 6) is 0.424. The molecule has 0 fully saturated rings. The van der Waals surface area contributed by atoms with Crippen molar-refractivity contribution in [2.75, 3.05) is 12.4 Å². The second kappa shape index (κ2) is 7.53. The Morgan fingerprint density at radius 3 is 2.46 bits per heavy atom. The number of amides is 1. The molecule has 4 rings (SSSR count). The maximum Gasteiger partial charge on any atom is 0.256 e. The lowest BCUT2D eigenvalue weighted by Gasteiger charge is -2.13. The highest BCUT2D eigenvalue weighted by molar-refractivity contribution is 6.13. The highest BCUT2D eigenvalue weighted by atomic mass is 16.5. The summed E-state index contributed by atoms with van der Waals surface area (Å²) in [4.78, 5) is 18.0. The third kappa shape index (κ3) is 3.32. The normalized spacial score (nSPS) is 10.6. The zero-order valence-corrected chi connectivity index (χ0v) is 15.8. The van der Waals surface area contributed by atoms with Crippen LogP contribution >= 0.6 is 0 Å². The predicted molar refractivity (Wildman–Crippen MR) is 113 cm³/mol. The lowest BCUT2D eigenvalue weighted by Crippen LogP contribution is -2.14. The summed E-state index contributed by atoms with van der Waals surface area (Å²) < 4.78 is 5.35. The van der Waals surface area contributed by atoms with Crippen LogP contribution in [0.4, 0.5) is 5.69 Å². The first-order valence-electron chi connectivity index (χ1n) is 9.07. The SMILES string of the molecule is COc1ccccc1NC(=O)c1cc(-c2ccccc2)nc2c(C)cccc12. The van der Waals surface area contributed by atoms with E-state index in [0.29, 0.717) is 17.0 Å². The lowest BCUT2D eigenvalue weighted by atomic mass is 10.0. The van der Waals surface area contributed by atoms with E-state index in [1.807, 2.05) is 85.8 Å². The van der Waals surface area contributed by atoms with Crippen LogP contribution < -0.4 is 10.1 Å². The van der Waals surface area contributed by atoms with E-state index in [1.54, 1.807) is 7.11 Å². The number of nitrogens with zero attached hydrogens (tertiary/aromatic N) is 1. The number of para-hydroxylation sites is 3. The molecule has 0 aliphatic carbocycles. The number of aryl methyl sites for hydroxylation is 1. The van der Waals surface area contributed by atoms with Crippen LogP contribution in [0.3, 0.4) is 0 Å². The molecular formula is C24H20N2O2. The number of hydrogen-bond acceptors (Lipinski definition) is 3. The topological polar surface area (TPSA) is 51.2 Å². The number of fused-ring (bicyclic) bond motifs is 1. The molecule has 28 heavy (non-hydrogen) atoms. The van der Waals surface area contributed by atoms with Crippen molar-refractivity contribution in [1.29, 1.82) is 0 Å². The molecule has 0 atom stereocenters. The smallest absolute Gasteiger partial charge is 0.256 e. The molecule has 4 aromatic rings. The Balaban J connectivity index is 1.85. The first kappa shape index (κ1) is 17.7. The second-order valence-electron chi connectivity index (χ2n) is 6.55. The third-order valence-corrected chi connectivity index (χ3v) is 4.71. The summed E-state index contributed by atoms with van der Waals surface area (Å²) in [6, 6.07) is 25.0. The number of hydrogen-bond donors (Lipinski definition) is 1. The minimum Gasteiger partial charge on any atom is -0.495 e. The highest BCUT2D eigenvalue weighted by Crippen LogP contribution is 2.29. The maximum absolute atomic E-state index is 13.2. The monoisotopic (exact) mass is 368 g/mol. The van der Waals surface area contributed by atoms with Gasteiger partial charge in [-0.05, 0) is 30.7 Å². The van der Waals surface area contributed by atoms with Crippen molar-refractivity contribution < 1.29 is 9.53 Å². The number of methoxy groups -OCH3 is 1. The zero-order valence-electron chi connectivity index (χ0n) is 15.8. The summed E-state index contributed by atoms with van der Waals surface area (Å²) in [6.07, 6.45) is 0. The van der Waals surface area contributed by atoms with Gasteiger partial charge in [0.25, 0.3) is 5.91 Å². The van der Waals surface area contributed by atoms with Crippen LogP contribution in [-0.2, 0) is 0 Å². The fraction of sp³-hybridized carbons (Fsp3) is 0.0833. The largest absolute Gasteiger partial charge is 0.495 e. The molecule has 0 spiro atoms. The number of pyridine rings is 1. The minimum absolute atomic E-state index is 0.195. The highest BCUT2D eigenvalue weighted by Gasteiger charge is 2.16. The van der Waals surface area contributed by atoms with Gasteiger partial charge < -0.3 is 10.1 Å². The van der Waals surface area contributed by atoms with Crippen LogP contribution in [0, 0.1) is 6.92 Å². The molecule has 3 aromatic carbocycles. The molecule has 1 aromatic heterocycles. The second-order valence-corrected chi connectivity index (χ2v) is 6.55. The zero-order chi connectivity index (χ0) is 19.5. The number of rotatable bonds is 4. The van der Waals surface area contributed by atoms with Crippen molar-refractivity contribution in [3.8, 4) is 17.0 Å². The summed E-state index contributed by atoms with van der Waals surface area (Å²) in [7, 11) is 1.59. The van der Waals surface area contributed by atoms with E-state index >= 15 is 0 Å². The molecule has 0 unspecified atom stereocenters. The van der Waals surface area contributed by atoms with Gasteiger partial charge in [-0.15, -0.1) is 0 Å². The van der Waals surface area contributed by atoms with Crippen LogP contribution in [-0.4, -0.2) is 18.0 Å². The van der Waals surface area contributed by atoms with E-state index in [4.69, 9.17) is 9.72 Å². The fourth-order valence-electron chi connectivity index (χ4n) is 3.27. The first-order valence-corrected chi connectivity index (χ1v) is 9.07. The van der Waals surface area contributed by atoms with E-state index in [1.165, 1.54) is 0 Å². The van der Waals surface area contributed by atoms with Crippen molar-refractivity contribution in [2.24, 2.45) is 0 Å². The summed E-state index contributed by atoms with van der Waals surface area (Å²) in [5, 5.41) is 3.80. The van der Waals surface area contributed by atoms with E-state index in [-0.39, 0.29) is 5.91 Å². The predicted octanol–water partition coefficient (Wildman–Crippen LogP) is 5.47. The quantitative estimate of drug-likeness (QED) is 0.519. The van der Waals surface area contributed by atoms with Gasteiger partial charge in [0.1, 0.15) is 5.75 Å². The summed E-state index contributed by atoms with van der Waals surface area (Å²) in [5.41, 5.74) is 4.81. The number of anilines is 1. The molecule has 138 valence electrons. The molecular weight excluding hydrogens is 348 g/mol. The number of carbonyl (C=O) groups is 1. The molecule has 4 nitrogen and oxygen atoms in total. The van der Waals surface area contributed by atoms with E-state index in [9.17, 15) is 4.79 Å². The molecule has 1 heterocycles. The maximum atomic E-state index is 13.2. The number of carbonyl (C=O) groups excluding carboxylic acids is 1. The van der Waals surface area contributed by atoms with Gasteiger partial charge in [0.15, 0.2) is 0 Å². The van der Waals surface area contributed by atoms with Crippen molar-refractivity contribution in [1.82, 2.24) is 4.98 Å². The van der Waals surface area contributed by atoms with Gasteiger partial charge in [0.2, 0.25) is 0 Å². The van der Waals surface area contributed by atoms with E-state index in [0.717, 1.165) is 27.7 Å². The molecule has 0 saturated carbocycles. The van der Waals surface area contributed by atoms with Crippen LogP contribution in [0.2, 0.25) is 0 Å². The van der Waals surface area contributed by atoms with Gasteiger partial charge in [-0.25, -0.2) is 4.98 Å². The average molecular weight is 368 g/mol. The Kier molecular flexibility index (Phi) is 4.77. The number of nitrogens with one attached hydrogen (secondary N) is 1. The molecule has 4 heteroatoms. The van der Waals surface area contributed by atoms with Crippen LogP contribution in [0.15, 0.2) is 78.9 Å². The standard InChI is InChI=1S/C24H20N2O2/c1-16-9-8-12-18-19(24(27)26-20-13-6-7-14-22(20)28-2)15-21(25-23(16)18)17-10-4-3-5-11-17/h3-15H,1-2H3,(H,26,27). The van der Waals surface area contributed by atoms with Gasteiger partial charge in [-0.1, -0.05) is 60.7 Å². The fourth-order valence-corrected chi connectivity index (χ4v) is 3.27. The molecule has 0 saturated heterocycles. The third-order valence-electron chi connectivity index (χ3n) is 4.71. The van der Waals surface area contributed by atoms with Gasteiger partial charge in [0, 0.05) is 10.9 Å². The van der Waals surface area contributed by atoms with Gasteiger partial charge in [-0.3, -0.25) is 4.79 Å². The molecule has 1 N–H and O–H groups in total. The Morgan fingerprint density at radius 1 is 0.929 bits per heavy atom. The number of aromatic nitrogens is 1. The lowest BCUT2D eigenvalue weighted by molar-refractivity contribution is 0.102. The molecule has 0 radical (unpaired) electrons. The van der Waals surface area contributed by atoms with E-state index in [2.05, 4.69) is 5.32 Å². The minimum atomic E-state index is -0.195. The van der Waals surface area contributed by atoms with Crippen molar-refractivity contribution in [2.45, 2.75) is 6.92 Å². The van der Waals surface area contributed by atoms with Crippen LogP contribution in [0.25, 0.3) is 22.2 Å². The van der Waals surface area contributed by atoms with Crippen molar-refractivity contribution in [3.05, 3.63) is 90.0 Å². The van der Waals surface area contributed by atoms with Crippen LogP contribution in [0.1, 0.15) is 15.9 Å². The Bertz CT molecular complexity index is 1150. The average Bonchev–Trinajstić information content (AvgIpc) is 2.74. The Hall–Kier alpha value is -3.66. The van der Waals surface area contributed by atoms with Gasteiger partial charge in [-0.2, -0.15) is 0 Å². The number of ether oxygens (including phenoxy) is 1. The van der Waals surface area contributed by atoms with Gasteiger partial charge >= 0.3 is 0 Å². The Morgan fingerprint density at radius 2 is 1.68 bits per heavy atom. The van der Waals surface area contributed by atoms with Crippen molar-refractivity contribution in [3.63, 3.8) is 0 Å².